The van der Waals surface area contributed by atoms with E-state index in [9.17, 15) is 0 Å². The number of hydrogen-bond donors (Lipinski definition) is 2. The van der Waals surface area contributed by atoms with Crippen molar-refractivity contribution in [1.29, 1.82) is 0 Å². The van der Waals surface area contributed by atoms with E-state index >= 15 is 0 Å². The van der Waals surface area contributed by atoms with E-state index in [0.29, 0.717) is 17.3 Å². The Morgan fingerprint density at radius 3 is 2.44 bits per heavy atom. The minimum atomic E-state index is 0.565. The number of guanidine groups is 1. The first-order valence-corrected chi connectivity index (χ1v) is 8.57. The maximum atomic E-state index is 6.00. The lowest BCUT2D eigenvalue weighted by atomic mass is 10.1. The van der Waals surface area contributed by atoms with Crippen molar-refractivity contribution >= 4 is 17.7 Å². The minimum absolute atomic E-state index is 0.565. The molecule has 2 aliphatic rings. The first-order valence-electron chi connectivity index (χ1n) is 7.52. The molecule has 1 saturated heterocycles. The molecule has 3 N–H and O–H groups in total. The smallest absolute Gasteiger partial charge is 0.188 e. The second-order valence-electron chi connectivity index (χ2n) is 5.55. The first-order chi connectivity index (χ1) is 8.84. The van der Waals surface area contributed by atoms with Crippen molar-refractivity contribution in [2.75, 3.05) is 12.3 Å². The van der Waals surface area contributed by atoms with Gasteiger partial charge in [0.1, 0.15) is 0 Å². The molecule has 0 aromatic carbocycles. The van der Waals surface area contributed by atoms with Crippen LogP contribution in [0.2, 0.25) is 0 Å². The number of hydrogen-bond acceptors (Lipinski definition) is 2. The molecule has 0 spiro atoms. The Morgan fingerprint density at radius 2 is 1.78 bits per heavy atom. The van der Waals surface area contributed by atoms with E-state index in [0.717, 1.165) is 6.54 Å². The summed E-state index contributed by atoms with van der Waals surface area (Å²) in [6.07, 6.45) is 12.0. The van der Waals surface area contributed by atoms with E-state index < -0.39 is 0 Å². The van der Waals surface area contributed by atoms with E-state index in [1.165, 1.54) is 63.5 Å². The summed E-state index contributed by atoms with van der Waals surface area (Å²) in [6, 6.07) is 0.565. The van der Waals surface area contributed by atoms with Gasteiger partial charge in [0.25, 0.3) is 0 Å². The second-order valence-corrected chi connectivity index (χ2v) is 6.96. The molecule has 0 aromatic rings. The van der Waals surface area contributed by atoms with Gasteiger partial charge in [0.2, 0.25) is 0 Å². The van der Waals surface area contributed by atoms with Gasteiger partial charge in [-0.05, 0) is 31.4 Å². The molecule has 0 amide bonds. The predicted octanol–water partition coefficient (Wildman–Crippen LogP) is 2.90. The number of nitrogens with one attached hydrogen (secondary N) is 1. The predicted molar refractivity (Wildman–Crippen MR) is 81.2 cm³/mol. The number of nitrogens with zero attached hydrogens (tertiary/aromatic N) is 1. The van der Waals surface area contributed by atoms with Crippen LogP contribution in [0.4, 0.5) is 0 Å². The van der Waals surface area contributed by atoms with Crippen LogP contribution in [0, 0.1) is 0 Å². The highest BCUT2D eigenvalue weighted by atomic mass is 32.2. The summed E-state index contributed by atoms with van der Waals surface area (Å²) in [4.78, 5) is 4.54. The highest BCUT2D eigenvalue weighted by Gasteiger charge is 2.15. The molecule has 1 heterocycles. The molecule has 0 bridgehead atoms. The molecular weight excluding hydrogens is 242 g/mol. The third-order valence-corrected chi connectivity index (χ3v) is 5.33. The molecule has 1 atom stereocenters. The van der Waals surface area contributed by atoms with Gasteiger partial charge in [0.15, 0.2) is 5.96 Å². The van der Waals surface area contributed by atoms with Crippen molar-refractivity contribution in [3.05, 3.63) is 0 Å². The molecule has 0 radical (unpaired) electrons. The molecule has 2 fully saturated rings. The standard InChI is InChI=1S/C14H27N3S/c15-14(16-11-13-9-5-6-10-18-13)17-12-7-3-1-2-4-8-12/h12-13H,1-11H2,(H3,15,16,17). The summed E-state index contributed by atoms with van der Waals surface area (Å²) in [5, 5.41) is 4.12. The Balaban J connectivity index is 1.70. The second kappa shape index (κ2) is 7.93. The third-order valence-electron chi connectivity index (χ3n) is 3.95. The molecule has 3 nitrogen and oxygen atoms in total. The van der Waals surface area contributed by atoms with E-state index in [-0.39, 0.29) is 0 Å². The number of rotatable bonds is 3. The van der Waals surface area contributed by atoms with Crippen molar-refractivity contribution in [3.8, 4) is 0 Å². The van der Waals surface area contributed by atoms with Crippen LogP contribution in [-0.4, -0.2) is 29.5 Å². The summed E-state index contributed by atoms with van der Waals surface area (Å²) in [5.74, 6) is 1.98. The Labute approximate surface area is 115 Å². The van der Waals surface area contributed by atoms with Crippen molar-refractivity contribution in [3.63, 3.8) is 0 Å². The Morgan fingerprint density at radius 1 is 1.06 bits per heavy atom. The van der Waals surface area contributed by atoms with Crippen LogP contribution in [0.15, 0.2) is 4.99 Å². The summed E-state index contributed by atoms with van der Waals surface area (Å²) < 4.78 is 0. The van der Waals surface area contributed by atoms with E-state index in [1.54, 1.807) is 0 Å². The van der Waals surface area contributed by atoms with Crippen molar-refractivity contribution < 1.29 is 0 Å². The maximum absolute atomic E-state index is 6.00. The Bertz CT molecular complexity index is 254. The van der Waals surface area contributed by atoms with Crippen LogP contribution in [-0.2, 0) is 0 Å². The van der Waals surface area contributed by atoms with Gasteiger partial charge in [0, 0.05) is 11.3 Å². The quantitative estimate of drug-likeness (QED) is 0.470. The fraction of sp³-hybridized carbons (Fsp3) is 0.929. The fourth-order valence-electron chi connectivity index (χ4n) is 2.83. The largest absolute Gasteiger partial charge is 0.370 e. The van der Waals surface area contributed by atoms with Crippen molar-refractivity contribution in [2.24, 2.45) is 10.7 Å². The van der Waals surface area contributed by atoms with Gasteiger partial charge in [-0.2, -0.15) is 11.8 Å². The van der Waals surface area contributed by atoms with E-state index in [1.807, 2.05) is 0 Å². The molecule has 1 unspecified atom stereocenters. The zero-order chi connectivity index (χ0) is 12.6. The fourth-order valence-corrected chi connectivity index (χ4v) is 4.05. The van der Waals surface area contributed by atoms with Gasteiger partial charge < -0.3 is 11.1 Å². The zero-order valence-electron chi connectivity index (χ0n) is 11.4. The topological polar surface area (TPSA) is 50.4 Å². The van der Waals surface area contributed by atoms with Gasteiger partial charge in [-0.15, -0.1) is 0 Å². The highest BCUT2D eigenvalue weighted by molar-refractivity contribution is 7.99. The number of nitrogens with two attached hydrogens (primary N) is 1. The monoisotopic (exact) mass is 269 g/mol. The lowest BCUT2D eigenvalue weighted by molar-refractivity contribution is 0.529. The van der Waals surface area contributed by atoms with Crippen LogP contribution in [0.3, 0.4) is 0 Å². The summed E-state index contributed by atoms with van der Waals surface area (Å²) in [6.45, 7) is 0.899. The summed E-state index contributed by atoms with van der Waals surface area (Å²) in [5.41, 5.74) is 6.00. The van der Waals surface area contributed by atoms with E-state index in [4.69, 9.17) is 5.73 Å². The van der Waals surface area contributed by atoms with Crippen LogP contribution < -0.4 is 11.1 Å². The highest BCUT2D eigenvalue weighted by Crippen LogP contribution is 2.25. The average molecular weight is 269 g/mol. The van der Waals surface area contributed by atoms with Gasteiger partial charge in [0.05, 0.1) is 6.54 Å². The molecule has 2 rings (SSSR count). The molecule has 104 valence electrons. The number of thioether (sulfide) groups is 1. The molecule has 0 aromatic heterocycles. The number of aliphatic imine (C=N–C) groups is 1. The van der Waals surface area contributed by atoms with Gasteiger partial charge in [-0.1, -0.05) is 32.1 Å². The van der Waals surface area contributed by atoms with Crippen molar-refractivity contribution in [2.45, 2.75) is 69.1 Å². The summed E-state index contributed by atoms with van der Waals surface area (Å²) in [7, 11) is 0. The normalized spacial score (nSPS) is 27.8. The van der Waals surface area contributed by atoms with Gasteiger partial charge in [-0.25, -0.2) is 0 Å². The SMILES string of the molecule is NC(=NCC1CCCCS1)NC1CCCCCC1. The van der Waals surface area contributed by atoms with Crippen LogP contribution >= 0.6 is 11.8 Å². The van der Waals surface area contributed by atoms with Gasteiger partial charge in [-0.3, -0.25) is 4.99 Å². The Hall–Kier alpha value is -0.380. The zero-order valence-corrected chi connectivity index (χ0v) is 12.2. The molecule has 1 aliphatic carbocycles. The van der Waals surface area contributed by atoms with E-state index in [2.05, 4.69) is 22.1 Å². The molecule has 18 heavy (non-hydrogen) atoms. The molecule has 1 saturated carbocycles. The lowest BCUT2D eigenvalue weighted by Crippen LogP contribution is -2.40. The minimum Gasteiger partial charge on any atom is -0.370 e. The first kappa shape index (κ1) is 14.0. The molecule has 4 heteroatoms. The third kappa shape index (κ3) is 5.09. The van der Waals surface area contributed by atoms with Crippen LogP contribution in [0.1, 0.15) is 57.8 Å². The van der Waals surface area contributed by atoms with Crippen molar-refractivity contribution in [1.82, 2.24) is 5.32 Å². The maximum Gasteiger partial charge on any atom is 0.188 e. The lowest BCUT2D eigenvalue weighted by Gasteiger charge is -2.20. The molecule has 1 aliphatic heterocycles. The van der Waals surface area contributed by atoms with Crippen LogP contribution in [0.25, 0.3) is 0 Å². The molecular formula is C14H27N3S. The Kier molecular flexibility index (Phi) is 6.18. The summed E-state index contributed by atoms with van der Waals surface area (Å²) >= 11 is 2.06. The average Bonchev–Trinajstić information content (AvgIpc) is 2.66. The van der Waals surface area contributed by atoms with Gasteiger partial charge >= 0.3 is 0 Å². The van der Waals surface area contributed by atoms with Crippen LogP contribution in [0.5, 0.6) is 0 Å².